The summed E-state index contributed by atoms with van der Waals surface area (Å²) in [5.74, 6) is 0.573. The number of hydrogen-bond donors (Lipinski definition) is 1. The number of nitrogens with zero attached hydrogens (tertiary/aromatic N) is 4. The fourth-order valence-corrected chi connectivity index (χ4v) is 3.52. The smallest absolute Gasteiger partial charge is 0.264 e. The Balaban J connectivity index is 1.84. The molecule has 0 atom stereocenters. The summed E-state index contributed by atoms with van der Waals surface area (Å²) in [6, 6.07) is 7.19. The van der Waals surface area contributed by atoms with Gasteiger partial charge in [0, 0.05) is 23.8 Å². The van der Waals surface area contributed by atoms with Crippen molar-refractivity contribution in [1.82, 2.24) is 19.5 Å². The Bertz CT molecular complexity index is 1040. The van der Waals surface area contributed by atoms with Crippen molar-refractivity contribution in [1.29, 1.82) is 0 Å². The maximum absolute atomic E-state index is 12.6. The van der Waals surface area contributed by atoms with Gasteiger partial charge in [-0.2, -0.15) is 4.98 Å². The molecule has 0 spiro atoms. The van der Waals surface area contributed by atoms with E-state index >= 15 is 0 Å². The third kappa shape index (κ3) is 3.05. The predicted molar refractivity (Wildman–Crippen MR) is 101 cm³/mol. The number of rotatable bonds is 2. The molecule has 0 radical (unpaired) electrons. The van der Waals surface area contributed by atoms with Crippen LogP contribution in [0.1, 0.15) is 19.3 Å². The van der Waals surface area contributed by atoms with Crippen LogP contribution in [0, 0.1) is 4.64 Å². The number of aromatic amines is 1. The van der Waals surface area contributed by atoms with Crippen LogP contribution in [-0.4, -0.2) is 32.6 Å². The molecule has 0 saturated carbocycles. The van der Waals surface area contributed by atoms with Crippen LogP contribution in [0.15, 0.2) is 35.4 Å². The highest BCUT2D eigenvalue weighted by Crippen LogP contribution is 2.19. The van der Waals surface area contributed by atoms with Crippen LogP contribution in [-0.2, 0) is 0 Å². The molecular weight excluding hydrogens is 358 g/mol. The first-order valence-corrected chi connectivity index (χ1v) is 8.95. The molecule has 2 aromatic heterocycles. The highest BCUT2D eigenvalue weighted by Gasteiger charge is 2.16. The Morgan fingerprint density at radius 3 is 2.56 bits per heavy atom. The highest BCUT2D eigenvalue weighted by molar-refractivity contribution is 7.71. The molecule has 25 heavy (non-hydrogen) atoms. The molecule has 0 unspecified atom stereocenters. The zero-order valence-electron chi connectivity index (χ0n) is 13.4. The first kappa shape index (κ1) is 16.2. The molecule has 3 heterocycles. The molecule has 0 aliphatic carbocycles. The second-order valence-corrected chi connectivity index (χ2v) is 6.86. The zero-order chi connectivity index (χ0) is 17.4. The first-order chi connectivity index (χ1) is 12.1. The van der Waals surface area contributed by atoms with Crippen molar-refractivity contribution in [3.05, 3.63) is 50.6 Å². The summed E-state index contributed by atoms with van der Waals surface area (Å²) >= 11 is 11.4. The average Bonchev–Trinajstić information content (AvgIpc) is 2.63. The molecule has 128 valence electrons. The topological polar surface area (TPSA) is 66.8 Å². The summed E-state index contributed by atoms with van der Waals surface area (Å²) in [6.45, 7) is 1.79. The summed E-state index contributed by atoms with van der Waals surface area (Å²) in [5, 5.41) is 0.961. The second-order valence-electron chi connectivity index (χ2n) is 6.03. The van der Waals surface area contributed by atoms with Gasteiger partial charge in [-0.3, -0.25) is 14.3 Å². The SMILES string of the molecule is O=c1[nH]c(N2CCCCC2)nc2ncn(-c3ccc(Cl)cc3)c(=S)c12. The summed E-state index contributed by atoms with van der Waals surface area (Å²) < 4.78 is 2.07. The summed E-state index contributed by atoms with van der Waals surface area (Å²) in [4.78, 5) is 26.5. The van der Waals surface area contributed by atoms with E-state index in [0.717, 1.165) is 31.6 Å². The molecular formula is C17H16ClN5OS. The molecule has 1 fully saturated rings. The second kappa shape index (κ2) is 6.57. The van der Waals surface area contributed by atoms with E-state index in [4.69, 9.17) is 23.8 Å². The van der Waals surface area contributed by atoms with Crippen LogP contribution in [0.5, 0.6) is 0 Å². The van der Waals surface area contributed by atoms with Crippen LogP contribution in [0.4, 0.5) is 5.95 Å². The predicted octanol–water partition coefficient (Wildman–Crippen LogP) is 3.48. The molecule has 0 amide bonds. The van der Waals surface area contributed by atoms with Crippen molar-refractivity contribution in [3.63, 3.8) is 0 Å². The minimum Gasteiger partial charge on any atom is -0.342 e. The average molecular weight is 374 g/mol. The summed E-state index contributed by atoms with van der Waals surface area (Å²) in [5.41, 5.74) is 0.911. The largest absolute Gasteiger partial charge is 0.342 e. The van der Waals surface area contributed by atoms with Crippen LogP contribution < -0.4 is 10.5 Å². The summed E-state index contributed by atoms with van der Waals surface area (Å²) in [6.07, 6.45) is 5.02. The molecule has 1 aliphatic heterocycles. The van der Waals surface area contributed by atoms with Gasteiger partial charge in [-0.15, -0.1) is 0 Å². The number of benzene rings is 1. The van der Waals surface area contributed by atoms with Gasteiger partial charge in [-0.25, -0.2) is 4.98 Å². The van der Waals surface area contributed by atoms with Crippen LogP contribution in [0.2, 0.25) is 5.02 Å². The number of nitrogens with one attached hydrogen (secondary N) is 1. The van der Waals surface area contributed by atoms with Crippen LogP contribution >= 0.6 is 23.8 Å². The van der Waals surface area contributed by atoms with Gasteiger partial charge in [0.2, 0.25) is 5.95 Å². The van der Waals surface area contributed by atoms with Gasteiger partial charge in [0.25, 0.3) is 5.56 Å². The van der Waals surface area contributed by atoms with Crippen LogP contribution in [0.3, 0.4) is 0 Å². The van der Waals surface area contributed by atoms with E-state index in [9.17, 15) is 4.79 Å². The van der Waals surface area contributed by atoms with E-state index in [1.807, 2.05) is 12.1 Å². The van der Waals surface area contributed by atoms with E-state index in [1.54, 1.807) is 23.0 Å². The van der Waals surface area contributed by atoms with Crippen molar-refractivity contribution >= 4 is 40.8 Å². The molecule has 1 aromatic carbocycles. The minimum atomic E-state index is -0.258. The van der Waals surface area contributed by atoms with Crippen molar-refractivity contribution in [2.75, 3.05) is 18.0 Å². The third-order valence-corrected chi connectivity index (χ3v) is 5.03. The van der Waals surface area contributed by atoms with Crippen LogP contribution in [0.25, 0.3) is 16.7 Å². The van der Waals surface area contributed by atoms with Gasteiger partial charge < -0.3 is 4.90 Å². The van der Waals surface area contributed by atoms with Gasteiger partial charge >= 0.3 is 0 Å². The molecule has 8 heteroatoms. The lowest BCUT2D eigenvalue weighted by atomic mass is 10.1. The fourth-order valence-electron chi connectivity index (χ4n) is 3.06. The number of fused-ring (bicyclic) bond motifs is 1. The highest BCUT2D eigenvalue weighted by atomic mass is 35.5. The van der Waals surface area contributed by atoms with Crippen molar-refractivity contribution in [2.45, 2.75) is 19.3 Å². The Morgan fingerprint density at radius 2 is 1.84 bits per heavy atom. The molecule has 1 aliphatic rings. The van der Waals surface area contributed by atoms with Gasteiger partial charge in [-0.05, 0) is 43.5 Å². The van der Waals surface area contributed by atoms with Crippen molar-refractivity contribution in [2.24, 2.45) is 0 Å². The number of H-pyrrole nitrogens is 1. The maximum Gasteiger partial charge on any atom is 0.264 e. The normalized spacial score (nSPS) is 14.8. The van der Waals surface area contributed by atoms with Crippen molar-refractivity contribution < 1.29 is 0 Å². The van der Waals surface area contributed by atoms with Crippen molar-refractivity contribution in [3.8, 4) is 5.69 Å². The number of anilines is 1. The minimum absolute atomic E-state index is 0.258. The van der Waals surface area contributed by atoms with E-state index in [0.29, 0.717) is 26.6 Å². The molecule has 1 saturated heterocycles. The summed E-state index contributed by atoms with van der Waals surface area (Å²) in [7, 11) is 0. The Labute approximate surface area is 154 Å². The third-order valence-electron chi connectivity index (χ3n) is 4.38. The standard InChI is InChI=1S/C17H16ClN5OS/c18-11-4-6-12(7-5-11)23-10-19-14-13(16(23)25)15(24)21-17(20-14)22-8-2-1-3-9-22/h4-7,10H,1-3,8-9H2,(H,20,21,24). The lowest BCUT2D eigenvalue weighted by Gasteiger charge is -2.26. The Kier molecular flexibility index (Phi) is 4.27. The van der Waals surface area contributed by atoms with Gasteiger partial charge in [0.05, 0.1) is 0 Å². The monoisotopic (exact) mass is 373 g/mol. The lowest BCUT2D eigenvalue weighted by molar-refractivity contribution is 0.568. The molecule has 0 bridgehead atoms. The molecule has 4 rings (SSSR count). The Morgan fingerprint density at radius 1 is 1.12 bits per heavy atom. The van der Waals surface area contributed by atoms with Gasteiger partial charge in [-0.1, -0.05) is 23.8 Å². The van der Waals surface area contributed by atoms with E-state index in [2.05, 4.69) is 19.9 Å². The van der Waals surface area contributed by atoms with E-state index in [-0.39, 0.29) is 5.56 Å². The Hall–Kier alpha value is -2.25. The number of piperidine rings is 1. The number of hydrogen-bond acceptors (Lipinski definition) is 5. The first-order valence-electron chi connectivity index (χ1n) is 8.16. The quantitative estimate of drug-likeness (QED) is 0.696. The number of halogens is 1. The lowest BCUT2D eigenvalue weighted by Crippen LogP contribution is -2.32. The zero-order valence-corrected chi connectivity index (χ0v) is 15.0. The molecule has 3 aromatic rings. The number of aromatic nitrogens is 4. The maximum atomic E-state index is 12.6. The molecule has 1 N–H and O–H groups in total. The fraction of sp³-hybridized carbons (Fsp3) is 0.294. The molecule has 6 nitrogen and oxygen atoms in total. The van der Waals surface area contributed by atoms with Gasteiger partial charge in [0.1, 0.15) is 16.4 Å². The van der Waals surface area contributed by atoms with E-state index in [1.165, 1.54) is 6.42 Å². The van der Waals surface area contributed by atoms with Gasteiger partial charge in [0.15, 0.2) is 5.65 Å². The van der Waals surface area contributed by atoms with E-state index < -0.39 is 0 Å².